The lowest BCUT2D eigenvalue weighted by Gasteiger charge is -2.28. The highest BCUT2D eigenvalue weighted by Crippen LogP contribution is 2.33. The largest absolute Gasteiger partial charge is 0.309 e. The van der Waals surface area contributed by atoms with Gasteiger partial charge in [0.25, 0.3) is 0 Å². The summed E-state index contributed by atoms with van der Waals surface area (Å²) in [7, 11) is 0. The molecule has 1 fully saturated rings. The molecule has 0 aromatic carbocycles. The summed E-state index contributed by atoms with van der Waals surface area (Å²) < 4.78 is -1.15. The minimum absolute atomic E-state index is 0.0104. The van der Waals surface area contributed by atoms with E-state index in [9.17, 15) is 0 Å². The van der Waals surface area contributed by atoms with Gasteiger partial charge >= 0.3 is 0 Å². The molecule has 0 amide bonds. The topological polar surface area (TPSA) is 12.0 Å². The van der Waals surface area contributed by atoms with E-state index in [4.69, 9.17) is 34.8 Å². The van der Waals surface area contributed by atoms with Gasteiger partial charge in [0.1, 0.15) is 0 Å². The van der Waals surface area contributed by atoms with Crippen molar-refractivity contribution >= 4 is 46.6 Å². The van der Waals surface area contributed by atoms with Crippen molar-refractivity contribution in [2.24, 2.45) is 0 Å². The van der Waals surface area contributed by atoms with E-state index in [1.165, 1.54) is 0 Å². The quantitative estimate of drug-likeness (QED) is 0.627. The van der Waals surface area contributed by atoms with Gasteiger partial charge in [0.05, 0.1) is 6.04 Å². The van der Waals surface area contributed by atoms with Gasteiger partial charge in [0.2, 0.25) is 3.79 Å². The molecule has 1 unspecified atom stereocenters. The van der Waals surface area contributed by atoms with E-state index in [0.29, 0.717) is 0 Å². The average molecular weight is 221 g/mol. The summed E-state index contributed by atoms with van der Waals surface area (Å²) in [5.74, 6) is 1.99. The lowest BCUT2D eigenvalue weighted by atomic mass is 10.4. The van der Waals surface area contributed by atoms with E-state index >= 15 is 0 Å². The van der Waals surface area contributed by atoms with Gasteiger partial charge in [-0.05, 0) is 0 Å². The van der Waals surface area contributed by atoms with Crippen LogP contribution in [0.5, 0.6) is 0 Å². The maximum atomic E-state index is 5.67. The molecule has 0 bridgehead atoms. The van der Waals surface area contributed by atoms with Crippen molar-refractivity contribution in [3.8, 4) is 0 Å². The normalized spacial score (nSPS) is 28.5. The third-order valence-electron chi connectivity index (χ3n) is 1.32. The molecule has 1 aliphatic rings. The minimum atomic E-state index is -1.15. The highest BCUT2D eigenvalue weighted by Gasteiger charge is 2.33. The van der Waals surface area contributed by atoms with E-state index in [-0.39, 0.29) is 6.04 Å². The number of halogens is 3. The number of alkyl halides is 3. The zero-order valence-electron chi connectivity index (χ0n) is 5.24. The second kappa shape index (κ2) is 3.72. The Morgan fingerprint density at radius 2 is 2.10 bits per heavy atom. The molecule has 0 radical (unpaired) electrons. The van der Waals surface area contributed by atoms with Crippen LogP contribution in [0.4, 0.5) is 0 Å². The van der Waals surface area contributed by atoms with Gasteiger partial charge in [-0.3, -0.25) is 0 Å². The van der Waals surface area contributed by atoms with Crippen molar-refractivity contribution in [1.29, 1.82) is 0 Å². The van der Waals surface area contributed by atoms with Crippen molar-refractivity contribution in [2.45, 2.75) is 9.83 Å². The highest BCUT2D eigenvalue weighted by molar-refractivity contribution is 7.99. The Kier molecular flexibility index (Phi) is 3.45. The molecular formula is C5H8Cl3NS. The van der Waals surface area contributed by atoms with Gasteiger partial charge in [0, 0.05) is 18.1 Å². The molecule has 1 N–H and O–H groups in total. The van der Waals surface area contributed by atoms with Crippen LogP contribution in [0.15, 0.2) is 0 Å². The van der Waals surface area contributed by atoms with Gasteiger partial charge in [-0.1, -0.05) is 34.8 Å². The first-order chi connectivity index (χ1) is 4.61. The maximum Gasteiger partial charge on any atom is 0.206 e. The molecule has 1 heterocycles. The number of hydrogen-bond donors (Lipinski definition) is 1. The molecule has 0 saturated carbocycles. The van der Waals surface area contributed by atoms with Crippen molar-refractivity contribution < 1.29 is 0 Å². The van der Waals surface area contributed by atoms with E-state index in [1.807, 2.05) is 11.8 Å². The van der Waals surface area contributed by atoms with Crippen molar-refractivity contribution in [1.82, 2.24) is 5.32 Å². The van der Waals surface area contributed by atoms with Gasteiger partial charge in [0.15, 0.2) is 0 Å². The molecule has 0 aromatic heterocycles. The summed E-state index contributed by atoms with van der Waals surface area (Å²) in [6, 6.07) is 0.0104. The summed E-state index contributed by atoms with van der Waals surface area (Å²) >= 11 is 18.8. The smallest absolute Gasteiger partial charge is 0.206 e. The summed E-state index contributed by atoms with van der Waals surface area (Å²) in [5.41, 5.74) is 0. The van der Waals surface area contributed by atoms with Crippen LogP contribution in [-0.2, 0) is 0 Å². The first-order valence-electron chi connectivity index (χ1n) is 2.98. The minimum Gasteiger partial charge on any atom is -0.309 e. The number of thioether (sulfide) groups is 1. The lowest BCUT2D eigenvalue weighted by molar-refractivity contribution is 0.574. The van der Waals surface area contributed by atoms with Gasteiger partial charge in [-0.25, -0.2) is 0 Å². The zero-order valence-corrected chi connectivity index (χ0v) is 8.33. The van der Waals surface area contributed by atoms with Crippen LogP contribution in [0.1, 0.15) is 0 Å². The summed E-state index contributed by atoms with van der Waals surface area (Å²) in [5, 5.41) is 3.14. The second-order valence-electron chi connectivity index (χ2n) is 2.12. The molecule has 1 saturated heterocycles. The van der Waals surface area contributed by atoms with Crippen molar-refractivity contribution in [3.63, 3.8) is 0 Å². The van der Waals surface area contributed by atoms with E-state index in [1.54, 1.807) is 0 Å². The van der Waals surface area contributed by atoms with Gasteiger partial charge in [-0.2, -0.15) is 11.8 Å². The summed E-state index contributed by atoms with van der Waals surface area (Å²) in [6.07, 6.45) is 0. The van der Waals surface area contributed by atoms with Gasteiger partial charge in [-0.15, -0.1) is 0 Å². The molecule has 0 aliphatic carbocycles. The fourth-order valence-corrected chi connectivity index (χ4v) is 2.55. The molecule has 1 nitrogen and oxygen atoms in total. The predicted molar refractivity (Wildman–Crippen MR) is 49.4 cm³/mol. The van der Waals surface area contributed by atoms with Crippen LogP contribution in [-0.4, -0.2) is 27.9 Å². The van der Waals surface area contributed by atoms with Crippen LogP contribution in [0.25, 0.3) is 0 Å². The Morgan fingerprint density at radius 3 is 2.40 bits per heavy atom. The second-order valence-corrected chi connectivity index (χ2v) is 5.64. The molecule has 10 heavy (non-hydrogen) atoms. The third kappa shape index (κ3) is 2.67. The highest BCUT2D eigenvalue weighted by atomic mass is 35.6. The third-order valence-corrected chi connectivity index (χ3v) is 3.17. The molecule has 1 aliphatic heterocycles. The molecule has 5 heteroatoms. The fraction of sp³-hybridized carbons (Fsp3) is 1.00. The van der Waals surface area contributed by atoms with Crippen LogP contribution in [0.3, 0.4) is 0 Å². The molecule has 60 valence electrons. The van der Waals surface area contributed by atoms with Gasteiger partial charge < -0.3 is 5.32 Å². The maximum absolute atomic E-state index is 5.67. The monoisotopic (exact) mass is 219 g/mol. The Bertz CT molecular complexity index is 108. The van der Waals surface area contributed by atoms with E-state index < -0.39 is 3.79 Å². The Labute approximate surface area is 79.8 Å². The Morgan fingerprint density at radius 1 is 1.40 bits per heavy atom. The summed E-state index contributed by atoms with van der Waals surface area (Å²) in [4.78, 5) is 0. The average Bonchev–Trinajstić information content (AvgIpc) is 1.88. The molecule has 0 aromatic rings. The van der Waals surface area contributed by atoms with Crippen LogP contribution >= 0.6 is 46.6 Å². The first-order valence-corrected chi connectivity index (χ1v) is 5.27. The van der Waals surface area contributed by atoms with E-state index in [2.05, 4.69) is 5.32 Å². The number of rotatable bonds is 0. The Hall–Kier alpha value is 1.18. The standard InChI is InChI=1S/C5H8Cl3NS/c6-5(7,8)4-3-10-2-1-9-4/h4,9H,1-3H2. The lowest BCUT2D eigenvalue weighted by Crippen LogP contribution is -2.46. The Balaban J connectivity index is 2.39. The number of hydrogen-bond acceptors (Lipinski definition) is 2. The fourth-order valence-electron chi connectivity index (χ4n) is 0.776. The van der Waals surface area contributed by atoms with E-state index in [0.717, 1.165) is 18.1 Å². The molecule has 1 rings (SSSR count). The summed E-state index contributed by atoms with van der Waals surface area (Å²) in [6.45, 7) is 0.934. The molecule has 0 spiro atoms. The van der Waals surface area contributed by atoms with Crippen LogP contribution < -0.4 is 5.32 Å². The van der Waals surface area contributed by atoms with Crippen molar-refractivity contribution in [2.75, 3.05) is 18.1 Å². The predicted octanol–water partition coefficient (Wildman–Crippen LogP) is 2.06. The van der Waals surface area contributed by atoms with Crippen LogP contribution in [0, 0.1) is 0 Å². The zero-order chi connectivity index (χ0) is 7.61. The van der Waals surface area contributed by atoms with Crippen molar-refractivity contribution in [3.05, 3.63) is 0 Å². The number of nitrogens with one attached hydrogen (secondary N) is 1. The molecular weight excluding hydrogens is 212 g/mol. The van der Waals surface area contributed by atoms with Crippen LogP contribution in [0.2, 0.25) is 0 Å². The SMILES string of the molecule is ClC(Cl)(Cl)C1CSCCN1. The molecule has 1 atom stereocenters. The first kappa shape index (κ1) is 9.27.